The average molecular weight is 461 g/mol. The van der Waals surface area contributed by atoms with E-state index in [0.717, 1.165) is 11.3 Å². The molecular weight excluding hydrogens is 437 g/mol. The van der Waals surface area contributed by atoms with Crippen LogP contribution in [0, 0.1) is 12.7 Å². The first-order chi connectivity index (χ1) is 16.4. The van der Waals surface area contributed by atoms with Crippen LogP contribution in [0.2, 0.25) is 0 Å². The first kappa shape index (κ1) is 21.9. The van der Waals surface area contributed by atoms with Gasteiger partial charge in [0.25, 0.3) is 0 Å². The number of hydrogen-bond donors (Lipinski definition) is 2. The zero-order valence-electron chi connectivity index (χ0n) is 18.8. The predicted molar refractivity (Wildman–Crippen MR) is 126 cm³/mol. The van der Waals surface area contributed by atoms with Gasteiger partial charge in [0, 0.05) is 42.8 Å². The highest BCUT2D eigenvalue weighted by molar-refractivity contribution is 5.92. The third kappa shape index (κ3) is 3.76. The summed E-state index contributed by atoms with van der Waals surface area (Å²) in [5.74, 6) is -0.312. The van der Waals surface area contributed by atoms with Crippen LogP contribution >= 0.6 is 0 Å². The Morgan fingerprint density at radius 2 is 1.97 bits per heavy atom. The molecule has 7 nitrogen and oxygen atoms in total. The first-order valence-electron chi connectivity index (χ1n) is 11.0. The molecule has 1 aromatic heterocycles. The van der Waals surface area contributed by atoms with Crippen molar-refractivity contribution < 1.29 is 23.4 Å². The summed E-state index contributed by atoms with van der Waals surface area (Å²) in [6, 6.07) is 14.3. The Morgan fingerprint density at radius 1 is 1.21 bits per heavy atom. The highest BCUT2D eigenvalue weighted by Crippen LogP contribution is 2.42. The van der Waals surface area contributed by atoms with Gasteiger partial charge in [0.15, 0.2) is 11.5 Å². The molecule has 5 rings (SSSR count). The van der Waals surface area contributed by atoms with Gasteiger partial charge in [-0.25, -0.2) is 9.37 Å². The molecule has 0 saturated carbocycles. The monoisotopic (exact) mass is 461 g/mol. The molecule has 0 amide bonds. The van der Waals surface area contributed by atoms with Crippen LogP contribution in [0.15, 0.2) is 52.9 Å². The highest BCUT2D eigenvalue weighted by Gasteiger charge is 2.29. The van der Waals surface area contributed by atoms with E-state index >= 15 is 4.39 Å². The quantitative estimate of drug-likeness (QED) is 0.448. The maximum Gasteiger partial charge on any atom is 0.307 e. The first-order valence-corrected chi connectivity index (χ1v) is 11.0. The van der Waals surface area contributed by atoms with E-state index in [2.05, 4.69) is 4.98 Å². The Labute approximate surface area is 195 Å². The molecule has 0 bridgehead atoms. The molecule has 0 spiro atoms. The normalized spacial score (nSPS) is 15.3. The number of nitrogens with zero attached hydrogens (tertiary/aromatic N) is 2. The van der Waals surface area contributed by atoms with Crippen LogP contribution in [0.1, 0.15) is 28.7 Å². The van der Waals surface area contributed by atoms with Crippen LogP contribution < -0.4 is 15.4 Å². The van der Waals surface area contributed by atoms with Crippen molar-refractivity contribution in [2.45, 2.75) is 26.0 Å². The summed E-state index contributed by atoms with van der Waals surface area (Å²) in [5.41, 5.74) is 10.4. The minimum absolute atomic E-state index is 0.0834. The summed E-state index contributed by atoms with van der Waals surface area (Å²) in [7, 11) is 1.93. The zero-order chi connectivity index (χ0) is 24.0. The summed E-state index contributed by atoms with van der Waals surface area (Å²) < 4.78 is 27.5. The van der Waals surface area contributed by atoms with E-state index in [0.29, 0.717) is 51.5 Å². The van der Waals surface area contributed by atoms with Crippen molar-refractivity contribution in [2.75, 3.05) is 18.5 Å². The van der Waals surface area contributed by atoms with Crippen molar-refractivity contribution in [1.29, 1.82) is 0 Å². The minimum Gasteiger partial charge on any atom is -0.481 e. The number of hydrogen-bond acceptors (Lipinski definition) is 6. The lowest BCUT2D eigenvalue weighted by Crippen LogP contribution is -2.32. The van der Waals surface area contributed by atoms with E-state index in [1.807, 2.05) is 36.2 Å². The summed E-state index contributed by atoms with van der Waals surface area (Å²) in [6.07, 6.45) is -0.575. The van der Waals surface area contributed by atoms with Crippen molar-refractivity contribution in [3.63, 3.8) is 0 Å². The van der Waals surface area contributed by atoms with Gasteiger partial charge < -0.3 is 24.9 Å². The fraction of sp³-hybridized carbons (Fsp3) is 0.231. The van der Waals surface area contributed by atoms with Crippen LogP contribution in [-0.2, 0) is 17.8 Å². The number of oxazole rings is 1. The number of halogens is 1. The number of anilines is 1. The molecule has 1 atom stereocenters. The fourth-order valence-electron chi connectivity index (χ4n) is 4.51. The molecule has 3 aromatic carbocycles. The highest BCUT2D eigenvalue weighted by atomic mass is 19.1. The summed E-state index contributed by atoms with van der Waals surface area (Å²) in [4.78, 5) is 17.9. The van der Waals surface area contributed by atoms with Gasteiger partial charge in [0.05, 0.1) is 18.7 Å². The minimum atomic E-state index is -0.933. The SMILES string of the molecule is Cc1nc2c(-c3cccc(CN)c3F)cc(C3CN(C)c4cccc(CC(=O)O)c4O3)cc2o1. The van der Waals surface area contributed by atoms with Gasteiger partial charge in [-0.3, -0.25) is 4.79 Å². The number of para-hydroxylation sites is 1. The lowest BCUT2D eigenvalue weighted by Gasteiger charge is -2.35. The number of rotatable bonds is 5. The number of benzene rings is 3. The van der Waals surface area contributed by atoms with Gasteiger partial charge in [-0.15, -0.1) is 0 Å². The number of likely N-dealkylation sites (N-methyl/N-ethyl adjacent to an activating group) is 1. The van der Waals surface area contributed by atoms with Gasteiger partial charge in [-0.2, -0.15) is 0 Å². The van der Waals surface area contributed by atoms with Gasteiger partial charge in [0.1, 0.15) is 23.2 Å². The molecule has 0 fully saturated rings. The van der Waals surface area contributed by atoms with Crippen molar-refractivity contribution in [3.05, 3.63) is 76.9 Å². The lowest BCUT2D eigenvalue weighted by molar-refractivity contribution is -0.136. The van der Waals surface area contributed by atoms with E-state index in [1.54, 1.807) is 31.2 Å². The molecule has 1 unspecified atom stereocenters. The van der Waals surface area contributed by atoms with E-state index in [4.69, 9.17) is 14.9 Å². The molecular formula is C26H24FN3O4. The van der Waals surface area contributed by atoms with Gasteiger partial charge in [-0.05, 0) is 23.8 Å². The topological polar surface area (TPSA) is 102 Å². The standard InChI is InChI=1S/C26H24FN3O4/c1-14-29-25-19(18-7-3-6-16(12-28)24(18)27)9-17(10-21(25)33-14)22-13-30(2)20-8-4-5-15(11-23(31)32)26(20)34-22/h3-10,22H,11-13,28H2,1-2H3,(H,31,32). The number of carbonyl (C=O) groups is 1. The van der Waals surface area contributed by atoms with Crippen LogP contribution in [0.25, 0.3) is 22.2 Å². The molecule has 1 aliphatic rings. The predicted octanol–water partition coefficient (Wildman–Crippen LogP) is 4.60. The van der Waals surface area contributed by atoms with Gasteiger partial charge in [-0.1, -0.05) is 30.3 Å². The van der Waals surface area contributed by atoms with Gasteiger partial charge in [0.2, 0.25) is 0 Å². The van der Waals surface area contributed by atoms with E-state index in [-0.39, 0.29) is 18.8 Å². The molecule has 2 heterocycles. The number of fused-ring (bicyclic) bond motifs is 2. The van der Waals surface area contributed by atoms with Crippen LogP contribution in [-0.4, -0.2) is 29.7 Å². The van der Waals surface area contributed by atoms with E-state index in [1.165, 1.54) is 0 Å². The van der Waals surface area contributed by atoms with E-state index in [9.17, 15) is 9.90 Å². The molecule has 0 saturated heterocycles. The van der Waals surface area contributed by atoms with Crippen molar-refractivity contribution in [2.24, 2.45) is 5.73 Å². The Bertz CT molecular complexity index is 1410. The molecule has 3 N–H and O–H groups in total. The van der Waals surface area contributed by atoms with Crippen LogP contribution in [0.3, 0.4) is 0 Å². The second-order valence-corrected chi connectivity index (χ2v) is 8.45. The maximum atomic E-state index is 15.3. The van der Waals surface area contributed by atoms with Crippen molar-refractivity contribution in [1.82, 2.24) is 4.98 Å². The molecule has 0 aliphatic carbocycles. The molecule has 8 heteroatoms. The average Bonchev–Trinajstić information content (AvgIpc) is 3.19. The van der Waals surface area contributed by atoms with Crippen LogP contribution in [0.5, 0.6) is 5.75 Å². The molecule has 34 heavy (non-hydrogen) atoms. The third-order valence-corrected chi connectivity index (χ3v) is 6.11. The maximum absolute atomic E-state index is 15.3. The molecule has 1 aliphatic heterocycles. The smallest absolute Gasteiger partial charge is 0.307 e. The molecule has 4 aromatic rings. The number of aromatic nitrogens is 1. The van der Waals surface area contributed by atoms with Crippen molar-refractivity contribution in [3.8, 4) is 16.9 Å². The lowest BCUT2D eigenvalue weighted by atomic mass is 9.96. The summed E-state index contributed by atoms with van der Waals surface area (Å²) in [6.45, 7) is 2.35. The number of carboxylic acids is 1. The van der Waals surface area contributed by atoms with Crippen LogP contribution in [0.4, 0.5) is 10.1 Å². The second kappa shape index (κ2) is 8.46. The number of carboxylic acid groups (broad SMARTS) is 1. The number of nitrogens with two attached hydrogens (primary N) is 1. The summed E-state index contributed by atoms with van der Waals surface area (Å²) >= 11 is 0. The van der Waals surface area contributed by atoms with Crippen molar-refractivity contribution >= 4 is 22.8 Å². The Hall–Kier alpha value is -3.91. The summed E-state index contributed by atoms with van der Waals surface area (Å²) in [5, 5.41) is 9.34. The number of aryl methyl sites for hydroxylation is 1. The fourth-order valence-corrected chi connectivity index (χ4v) is 4.51. The van der Waals surface area contributed by atoms with Gasteiger partial charge >= 0.3 is 5.97 Å². The third-order valence-electron chi connectivity index (χ3n) is 6.11. The largest absolute Gasteiger partial charge is 0.481 e. The second-order valence-electron chi connectivity index (χ2n) is 8.45. The Kier molecular flexibility index (Phi) is 5.45. The Balaban J connectivity index is 1.64. The number of ether oxygens (including phenoxy) is 1. The van der Waals surface area contributed by atoms with E-state index < -0.39 is 12.1 Å². The Morgan fingerprint density at radius 3 is 2.74 bits per heavy atom. The molecule has 174 valence electrons. The molecule has 0 radical (unpaired) electrons. The zero-order valence-corrected chi connectivity index (χ0v) is 18.8. The number of aliphatic carboxylic acids is 1.